The molecule has 1 N–H and O–H groups in total. The van der Waals surface area contributed by atoms with Crippen molar-refractivity contribution in [2.24, 2.45) is 5.92 Å². The number of carbonyl (C=O) groups excluding carboxylic acids is 1. The summed E-state index contributed by atoms with van der Waals surface area (Å²) in [4.78, 5) is 14.2. The van der Waals surface area contributed by atoms with Gasteiger partial charge in [-0.2, -0.15) is 0 Å². The Hall–Kier alpha value is -0.610. The first-order valence-electron chi connectivity index (χ1n) is 6.77. The molecule has 0 aromatic rings. The van der Waals surface area contributed by atoms with Crippen LogP contribution in [0.5, 0.6) is 0 Å². The van der Waals surface area contributed by atoms with Gasteiger partial charge >= 0.3 is 0 Å². The third kappa shape index (κ3) is 3.19. The highest BCUT2D eigenvalue weighted by Gasteiger charge is 2.30. The fourth-order valence-corrected chi connectivity index (χ4v) is 2.88. The maximum atomic E-state index is 12.3. The lowest BCUT2D eigenvalue weighted by molar-refractivity contribution is -0.146. The van der Waals surface area contributed by atoms with Gasteiger partial charge in [0.05, 0.1) is 6.61 Å². The molecule has 0 radical (unpaired) electrons. The Morgan fingerprint density at radius 3 is 2.88 bits per heavy atom. The summed E-state index contributed by atoms with van der Waals surface area (Å²) in [6.45, 7) is 4.44. The molecule has 1 aliphatic carbocycles. The zero-order chi connectivity index (χ0) is 12.3. The van der Waals surface area contributed by atoms with Crippen LogP contribution in [0.4, 0.5) is 0 Å². The summed E-state index contributed by atoms with van der Waals surface area (Å²) >= 11 is 0. The van der Waals surface area contributed by atoms with Crippen LogP contribution in [0.2, 0.25) is 0 Å². The van der Waals surface area contributed by atoms with E-state index in [1.807, 2.05) is 11.9 Å². The molecule has 1 saturated heterocycles. The van der Waals surface area contributed by atoms with Crippen LogP contribution in [-0.2, 0) is 9.53 Å². The molecular weight excluding hydrogens is 216 g/mol. The maximum Gasteiger partial charge on any atom is 0.253 e. The molecule has 4 heteroatoms. The summed E-state index contributed by atoms with van der Waals surface area (Å²) in [5.41, 5.74) is 0. The van der Waals surface area contributed by atoms with Gasteiger partial charge in [-0.3, -0.25) is 4.79 Å². The lowest BCUT2D eigenvalue weighted by atomic mass is 9.86. The van der Waals surface area contributed by atoms with E-state index in [1.165, 1.54) is 12.8 Å². The highest BCUT2D eigenvalue weighted by atomic mass is 16.5. The van der Waals surface area contributed by atoms with Crippen molar-refractivity contribution in [1.29, 1.82) is 0 Å². The number of morpholine rings is 1. The van der Waals surface area contributed by atoms with Crippen molar-refractivity contribution in [1.82, 2.24) is 10.2 Å². The Labute approximate surface area is 104 Å². The molecule has 1 saturated carbocycles. The van der Waals surface area contributed by atoms with Crippen molar-refractivity contribution in [2.45, 2.75) is 44.8 Å². The lowest BCUT2D eigenvalue weighted by Gasteiger charge is -2.36. The highest BCUT2D eigenvalue weighted by molar-refractivity contribution is 5.81. The Bertz CT molecular complexity index is 264. The molecule has 4 nitrogen and oxygen atoms in total. The van der Waals surface area contributed by atoms with E-state index in [0.29, 0.717) is 19.2 Å². The summed E-state index contributed by atoms with van der Waals surface area (Å²) in [5, 5.41) is 3.21. The molecule has 2 rings (SSSR count). The average molecular weight is 240 g/mol. The number of hydrogen-bond acceptors (Lipinski definition) is 3. The average Bonchev–Trinajstić information content (AvgIpc) is 2.38. The molecule has 17 heavy (non-hydrogen) atoms. The van der Waals surface area contributed by atoms with Crippen LogP contribution in [0.3, 0.4) is 0 Å². The van der Waals surface area contributed by atoms with Crippen LogP contribution in [0.1, 0.15) is 32.6 Å². The predicted octanol–water partition coefficient (Wildman–Crippen LogP) is 1.01. The number of ether oxygens (including phenoxy) is 1. The number of rotatable bonds is 2. The van der Waals surface area contributed by atoms with Crippen molar-refractivity contribution in [3.05, 3.63) is 0 Å². The fourth-order valence-electron chi connectivity index (χ4n) is 2.88. The molecule has 1 amide bonds. The van der Waals surface area contributed by atoms with Gasteiger partial charge in [0, 0.05) is 26.2 Å². The van der Waals surface area contributed by atoms with E-state index in [9.17, 15) is 4.79 Å². The molecule has 0 aromatic carbocycles. The standard InChI is InChI=1S/C13H24N2O2/c1-10-4-3-5-11(8-10)15(2)13(16)12-9-14-6-7-17-12/h10-12,14H,3-9H2,1-2H3. The second kappa shape index (κ2) is 5.83. The molecule has 2 fully saturated rings. The minimum Gasteiger partial charge on any atom is -0.366 e. The van der Waals surface area contributed by atoms with Gasteiger partial charge in [0.2, 0.25) is 0 Å². The predicted molar refractivity (Wildman–Crippen MR) is 66.8 cm³/mol. The Morgan fingerprint density at radius 2 is 2.24 bits per heavy atom. The molecule has 0 bridgehead atoms. The first-order chi connectivity index (χ1) is 8.18. The minimum atomic E-state index is -0.272. The second-order valence-corrected chi connectivity index (χ2v) is 5.44. The number of hydrogen-bond donors (Lipinski definition) is 1. The molecule has 2 aliphatic rings. The monoisotopic (exact) mass is 240 g/mol. The van der Waals surface area contributed by atoms with Gasteiger partial charge in [-0.05, 0) is 18.8 Å². The largest absolute Gasteiger partial charge is 0.366 e. The zero-order valence-corrected chi connectivity index (χ0v) is 10.9. The molecular formula is C13H24N2O2. The quantitative estimate of drug-likeness (QED) is 0.783. The van der Waals surface area contributed by atoms with E-state index in [1.54, 1.807) is 0 Å². The summed E-state index contributed by atoms with van der Waals surface area (Å²) in [7, 11) is 1.93. The Kier molecular flexibility index (Phi) is 4.40. The van der Waals surface area contributed by atoms with Gasteiger partial charge < -0.3 is 15.0 Å². The minimum absolute atomic E-state index is 0.149. The van der Waals surface area contributed by atoms with E-state index in [2.05, 4.69) is 12.2 Å². The third-order valence-corrected chi connectivity index (χ3v) is 4.01. The van der Waals surface area contributed by atoms with Crippen molar-refractivity contribution in [3.63, 3.8) is 0 Å². The Balaban J connectivity index is 1.89. The first kappa shape index (κ1) is 12.8. The molecule has 3 unspecified atom stereocenters. The smallest absolute Gasteiger partial charge is 0.253 e. The van der Waals surface area contributed by atoms with Gasteiger partial charge in [-0.15, -0.1) is 0 Å². The van der Waals surface area contributed by atoms with Crippen LogP contribution in [-0.4, -0.2) is 49.7 Å². The van der Waals surface area contributed by atoms with Crippen molar-refractivity contribution < 1.29 is 9.53 Å². The van der Waals surface area contributed by atoms with Gasteiger partial charge in [-0.1, -0.05) is 19.8 Å². The van der Waals surface area contributed by atoms with Crippen LogP contribution in [0.25, 0.3) is 0 Å². The summed E-state index contributed by atoms with van der Waals surface area (Å²) in [5.74, 6) is 0.894. The molecule has 1 aliphatic heterocycles. The molecule has 3 atom stereocenters. The van der Waals surface area contributed by atoms with Crippen LogP contribution in [0.15, 0.2) is 0 Å². The molecule has 98 valence electrons. The SMILES string of the molecule is CC1CCCC(N(C)C(=O)C2CNCCO2)C1. The fraction of sp³-hybridized carbons (Fsp3) is 0.923. The van der Waals surface area contributed by atoms with E-state index in [-0.39, 0.29) is 12.0 Å². The van der Waals surface area contributed by atoms with Crippen molar-refractivity contribution in [2.75, 3.05) is 26.7 Å². The third-order valence-electron chi connectivity index (χ3n) is 4.01. The molecule has 0 aromatic heterocycles. The summed E-state index contributed by atoms with van der Waals surface area (Å²) in [6, 6.07) is 0.414. The number of amides is 1. The van der Waals surface area contributed by atoms with Crippen LogP contribution < -0.4 is 5.32 Å². The topological polar surface area (TPSA) is 41.6 Å². The number of likely N-dealkylation sites (N-methyl/N-ethyl adjacent to an activating group) is 1. The van der Waals surface area contributed by atoms with E-state index in [0.717, 1.165) is 25.3 Å². The van der Waals surface area contributed by atoms with E-state index >= 15 is 0 Å². The summed E-state index contributed by atoms with van der Waals surface area (Å²) < 4.78 is 5.52. The molecule has 0 spiro atoms. The first-order valence-corrected chi connectivity index (χ1v) is 6.77. The van der Waals surface area contributed by atoms with Gasteiger partial charge in [0.15, 0.2) is 0 Å². The zero-order valence-electron chi connectivity index (χ0n) is 10.9. The van der Waals surface area contributed by atoms with Crippen LogP contribution >= 0.6 is 0 Å². The van der Waals surface area contributed by atoms with Gasteiger partial charge in [0.25, 0.3) is 5.91 Å². The van der Waals surface area contributed by atoms with Crippen LogP contribution in [0, 0.1) is 5.92 Å². The second-order valence-electron chi connectivity index (χ2n) is 5.44. The number of nitrogens with one attached hydrogen (secondary N) is 1. The van der Waals surface area contributed by atoms with Crippen molar-refractivity contribution >= 4 is 5.91 Å². The normalized spacial score (nSPS) is 34.4. The maximum absolute atomic E-state index is 12.3. The van der Waals surface area contributed by atoms with Crippen molar-refractivity contribution in [3.8, 4) is 0 Å². The van der Waals surface area contributed by atoms with Gasteiger partial charge in [-0.25, -0.2) is 0 Å². The van der Waals surface area contributed by atoms with E-state index < -0.39 is 0 Å². The lowest BCUT2D eigenvalue weighted by Crippen LogP contribution is -2.51. The van der Waals surface area contributed by atoms with Gasteiger partial charge in [0.1, 0.15) is 6.10 Å². The number of nitrogens with zero attached hydrogens (tertiary/aromatic N) is 1. The molecule has 1 heterocycles. The van der Waals surface area contributed by atoms with E-state index in [4.69, 9.17) is 4.74 Å². The summed E-state index contributed by atoms with van der Waals surface area (Å²) in [6.07, 6.45) is 4.56. The highest BCUT2D eigenvalue weighted by Crippen LogP contribution is 2.27. The Morgan fingerprint density at radius 1 is 1.41 bits per heavy atom. The number of carbonyl (C=O) groups is 1.